The van der Waals surface area contributed by atoms with E-state index in [-0.39, 0.29) is 147 Å². The van der Waals surface area contributed by atoms with Crippen molar-refractivity contribution in [2.75, 3.05) is 66.6 Å². The lowest BCUT2D eigenvalue weighted by Crippen LogP contribution is -2.54. The van der Waals surface area contributed by atoms with Crippen LogP contribution >= 0.6 is 0 Å². The highest BCUT2D eigenvalue weighted by Gasteiger charge is 2.48. The highest BCUT2D eigenvalue weighted by atomic mass is 28.4. The number of hydrogen-bond acceptors (Lipinski definition) is 18. The molecule has 0 aliphatic carbocycles. The fraction of sp³-hybridized carbons (Fsp3) is 0.362. The van der Waals surface area contributed by atoms with Crippen molar-refractivity contribution in [1.82, 2.24) is 19.8 Å². The van der Waals surface area contributed by atoms with Crippen LogP contribution in [0.1, 0.15) is 197 Å². The molecule has 0 bridgehead atoms. The molecule has 0 saturated heterocycles. The van der Waals surface area contributed by atoms with Gasteiger partial charge < -0.3 is 45.5 Å². The minimum absolute atomic E-state index is 0.00222. The van der Waals surface area contributed by atoms with Crippen molar-refractivity contribution in [3.8, 4) is 46.0 Å². The second-order valence-corrected chi connectivity index (χ2v) is 40.4. The topological polar surface area (TPSA) is 233 Å². The number of hydrogen-bond donors (Lipinski definition) is 0. The number of likely N-dealkylation sites (N-methyl/N-ethyl adjacent to an activating group) is 2. The van der Waals surface area contributed by atoms with E-state index in [1.54, 1.807) is 75.0 Å². The molecule has 118 heavy (non-hydrogen) atoms. The van der Waals surface area contributed by atoms with E-state index in [1.165, 1.54) is 52.5 Å². The molecule has 24 heteroatoms. The lowest BCUT2D eigenvalue weighted by atomic mass is 9.80. The van der Waals surface area contributed by atoms with Gasteiger partial charge in [-0.3, -0.25) is 48.4 Å². The standard InChI is InChI=1S/C94H106N6O16Si2/c1-23-25-69(89(105)97(15)75-47-55(43-45-95-75)53-117(107-17,108-18)109-19)99-85(101)65-49-71(113-61-35-27-57(28-36-61)91(3,4)5)79-81-73(115-63-39-31-59(32-40-63)93(9,10)11)51-67-78-68(88(104)100(87(67)103)70(26-24-2)90(106)98(16)76-48-56(44-46-96-76)54-118(110-20,111-21)112-22)52-74(116-64-41-33-60(34-42-64)94(12,13)14)82(84(78)81)80-72(50-66(86(99)102)77(65)83(79)80)114-62-37-29-58(30-38-62)92(6,7)8/h27-52,69-70H,23-26,53-54H2,1-22H3. The van der Waals surface area contributed by atoms with Crippen LogP contribution in [0.15, 0.2) is 158 Å². The fourth-order valence-corrected chi connectivity index (χ4v) is 19.2. The number of anilines is 2. The van der Waals surface area contributed by atoms with E-state index in [2.05, 4.69) is 93.1 Å². The smallest absolute Gasteiger partial charge is 0.457 e. The first kappa shape index (κ1) is 85.1. The molecule has 2 aromatic heterocycles. The van der Waals surface area contributed by atoms with Crippen LogP contribution in [0.4, 0.5) is 11.6 Å². The normalized spacial score (nSPS) is 14.1. The lowest BCUT2D eigenvalue weighted by molar-refractivity contribution is -0.123. The monoisotopic (exact) mass is 1630 g/mol. The third-order valence-corrected chi connectivity index (χ3v) is 28.2. The summed E-state index contributed by atoms with van der Waals surface area (Å²) in [6.07, 6.45) is 3.92. The third kappa shape index (κ3) is 16.0. The fourth-order valence-electron chi connectivity index (χ4n) is 15.9. The molecule has 4 heterocycles. The van der Waals surface area contributed by atoms with Gasteiger partial charge in [0.25, 0.3) is 35.4 Å². The number of imide groups is 2. The van der Waals surface area contributed by atoms with Crippen molar-refractivity contribution in [1.29, 1.82) is 0 Å². The zero-order chi connectivity index (χ0) is 85.2. The summed E-state index contributed by atoms with van der Waals surface area (Å²) in [4.78, 5) is 113. The van der Waals surface area contributed by atoms with Gasteiger partial charge in [0.15, 0.2) is 0 Å². The van der Waals surface area contributed by atoms with Gasteiger partial charge in [-0.2, -0.15) is 0 Å². The van der Waals surface area contributed by atoms with Crippen LogP contribution in [0.2, 0.25) is 0 Å². The van der Waals surface area contributed by atoms with E-state index in [4.69, 9.17) is 45.5 Å². The van der Waals surface area contributed by atoms with Crippen LogP contribution in [-0.2, 0) is 69.9 Å². The van der Waals surface area contributed by atoms with Gasteiger partial charge in [-0.05, 0) is 165 Å². The molecule has 13 rings (SSSR count). The van der Waals surface area contributed by atoms with Gasteiger partial charge in [-0.25, -0.2) is 9.97 Å². The van der Waals surface area contributed by atoms with Crippen molar-refractivity contribution in [3.05, 3.63) is 214 Å². The Bertz CT molecular complexity index is 5090. The summed E-state index contributed by atoms with van der Waals surface area (Å²) in [5, 5.41) is 2.03. The Morgan fingerprint density at radius 3 is 0.805 bits per heavy atom. The molecule has 2 unspecified atom stereocenters. The number of fused-ring (bicyclic) bond motifs is 2. The summed E-state index contributed by atoms with van der Waals surface area (Å²) in [7, 11) is 5.81. The number of carbonyl (C=O) groups is 6. The van der Waals surface area contributed by atoms with Gasteiger partial charge in [-0.1, -0.05) is 158 Å². The highest BCUT2D eigenvalue weighted by Crippen LogP contribution is 2.59. The van der Waals surface area contributed by atoms with Crippen LogP contribution in [-0.4, -0.2) is 142 Å². The van der Waals surface area contributed by atoms with E-state index in [1.807, 2.05) is 111 Å². The second-order valence-electron chi connectivity index (χ2n) is 34.5. The summed E-state index contributed by atoms with van der Waals surface area (Å²) in [5.41, 5.74) is 4.26. The number of pyridine rings is 2. The van der Waals surface area contributed by atoms with E-state index in [0.717, 1.165) is 32.1 Å². The highest BCUT2D eigenvalue weighted by molar-refractivity contribution is 6.60. The van der Waals surface area contributed by atoms with Crippen LogP contribution in [0.5, 0.6) is 46.0 Å². The van der Waals surface area contributed by atoms with E-state index in [0.29, 0.717) is 47.0 Å². The lowest BCUT2D eigenvalue weighted by Gasteiger charge is -2.37. The number of carbonyl (C=O) groups excluding carboxylic acids is 6. The zero-order valence-corrected chi connectivity index (χ0v) is 73.6. The van der Waals surface area contributed by atoms with Crippen molar-refractivity contribution >= 4 is 108 Å². The van der Waals surface area contributed by atoms with Gasteiger partial charge in [-0.15, -0.1) is 0 Å². The maximum absolute atomic E-state index is 16.8. The molecular formula is C94H106N6O16Si2. The molecule has 22 nitrogen and oxygen atoms in total. The molecule has 0 spiro atoms. The molecule has 2 atom stereocenters. The predicted molar refractivity (Wildman–Crippen MR) is 463 cm³/mol. The van der Waals surface area contributed by atoms with Gasteiger partial charge in [0, 0.05) is 124 Å². The SMILES string of the molecule is CCCC(C(=O)N(C)c1cc(C[Si](OC)(OC)OC)ccn1)N1C(=O)c2cc(Oc3ccc(C(C)(C)C)cc3)c3c4c(Oc5ccc(C(C)(C)C)cc5)cc5c6c(cc(Oc7ccc(C(C)(C)C)cc7)c(c7c(Oc8ccc(C(C)(C)C)cc8)cc(c2c37)C1=O)c64)C(=O)N(C(CCC)C(=O)N(C)c1cc(C[Si](OC)(OC)OC)ccn1)C5=O. The number of nitrogens with zero attached hydrogens (tertiary/aromatic N) is 6. The summed E-state index contributed by atoms with van der Waals surface area (Å²) >= 11 is 0. The van der Waals surface area contributed by atoms with E-state index in [9.17, 15) is 0 Å². The molecule has 0 fully saturated rings. The number of amides is 6. The Balaban J connectivity index is 1.15. The Morgan fingerprint density at radius 2 is 0.593 bits per heavy atom. The van der Waals surface area contributed by atoms with Crippen molar-refractivity contribution in [2.45, 2.75) is 168 Å². The third-order valence-electron chi connectivity index (χ3n) is 22.7. The Hall–Kier alpha value is -10.8. The van der Waals surface area contributed by atoms with E-state index >= 15 is 28.8 Å². The molecule has 2 aliphatic rings. The van der Waals surface area contributed by atoms with Crippen LogP contribution in [0.3, 0.4) is 0 Å². The molecule has 2 aliphatic heterocycles. The molecule has 0 N–H and O–H groups in total. The number of rotatable bonds is 28. The maximum atomic E-state index is 16.8. The number of ether oxygens (including phenoxy) is 4. The molecule has 616 valence electrons. The van der Waals surface area contributed by atoms with Gasteiger partial charge in [0.1, 0.15) is 69.7 Å². The minimum atomic E-state index is -3.21. The Kier molecular flexibility index (Phi) is 23.7. The largest absolute Gasteiger partial charge is 0.504 e. The van der Waals surface area contributed by atoms with Crippen LogP contribution in [0.25, 0.3) is 43.1 Å². The van der Waals surface area contributed by atoms with Gasteiger partial charge >= 0.3 is 17.6 Å². The summed E-state index contributed by atoms with van der Waals surface area (Å²) in [6.45, 7) is 29.1. The summed E-state index contributed by atoms with van der Waals surface area (Å²) in [5.74, 6) is -2.24. The van der Waals surface area contributed by atoms with E-state index < -0.39 is 65.1 Å². The maximum Gasteiger partial charge on any atom is 0.504 e. The first-order valence-corrected chi connectivity index (χ1v) is 43.8. The molecule has 6 amide bonds. The van der Waals surface area contributed by atoms with Gasteiger partial charge in [0.05, 0.1) is 22.3 Å². The Morgan fingerprint density at radius 1 is 0.356 bits per heavy atom. The second kappa shape index (κ2) is 32.8. The predicted octanol–water partition coefficient (Wildman–Crippen LogP) is 19.7. The molecule has 9 aromatic carbocycles. The summed E-state index contributed by atoms with van der Waals surface area (Å²) in [6, 6.07) is 41.7. The quantitative estimate of drug-likeness (QED) is 0.0192. The van der Waals surface area contributed by atoms with Crippen LogP contribution in [0, 0.1) is 0 Å². The first-order valence-electron chi connectivity index (χ1n) is 39.9. The average Bonchev–Trinajstić information content (AvgIpc) is 0.669. The first-order chi connectivity index (χ1) is 55.9. The zero-order valence-electron chi connectivity index (χ0n) is 71.6. The Labute approximate surface area is 692 Å². The molecule has 0 saturated carbocycles. The molecule has 0 radical (unpaired) electrons. The van der Waals surface area contributed by atoms with Crippen LogP contribution < -0.4 is 28.7 Å². The number of aromatic nitrogens is 2. The van der Waals surface area contributed by atoms with Crippen molar-refractivity contribution in [2.24, 2.45) is 0 Å². The van der Waals surface area contributed by atoms with Gasteiger partial charge in [0.2, 0.25) is 0 Å². The van der Waals surface area contributed by atoms with Crippen molar-refractivity contribution < 1.29 is 74.3 Å². The number of benzene rings is 9. The minimum Gasteiger partial charge on any atom is -0.457 e. The van der Waals surface area contributed by atoms with Crippen molar-refractivity contribution in [3.63, 3.8) is 0 Å². The summed E-state index contributed by atoms with van der Waals surface area (Å²) < 4.78 is 64.5. The molecule has 11 aromatic rings. The average molecular weight is 1630 g/mol. The molecular weight excluding hydrogens is 1530 g/mol.